The summed E-state index contributed by atoms with van der Waals surface area (Å²) >= 11 is 3.94. The average Bonchev–Trinajstić information content (AvgIpc) is 1.91. The zero-order valence-corrected chi connectivity index (χ0v) is 8.15. The summed E-state index contributed by atoms with van der Waals surface area (Å²) in [4.78, 5) is 0. The molecule has 0 aliphatic rings. The third-order valence-corrected chi connectivity index (χ3v) is 3.31. The SMILES string of the molecule is CCC(CCSC)SC. The molecule has 2 heteroatoms. The van der Waals surface area contributed by atoms with Gasteiger partial charge in [0.1, 0.15) is 0 Å². The van der Waals surface area contributed by atoms with E-state index in [2.05, 4.69) is 19.4 Å². The Morgan fingerprint density at radius 1 is 1.33 bits per heavy atom. The molecule has 0 aromatic rings. The molecule has 9 heavy (non-hydrogen) atoms. The zero-order valence-electron chi connectivity index (χ0n) is 6.52. The van der Waals surface area contributed by atoms with E-state index in [0.717, 1.165) is 5.25 Å². The minimum Gasteiger partial charge on any atom is -0.165 e. The van der Waals surface area contributed by atoms with Crippen molar-refractivity contribution in [1.82, 2.24) is 0 Å². The van der Waals surface area contributed by atoms with E-state index >= 15 is 0 Å². The predicted octanol–water partition coefficient (Wildman–Crippen LogP) is 2.88. The molecule has 0 amide bonds. The largest absolute Gasteiger partial charge is 0.165 e. The molecule has 0 aromatic heterocycles. The fraction of sp³-hybridized carbons (Fsp3) is 1.00. The standard InChI is InChI=1S/C7H16S2/c1-4-7(9-3)5-6-8-2/h7H,4-6H2,1-3H3. The summed E-state index contributed by atoms with van der Waals surface area (Å²) in [6.45, 7) is 2.27. The molecule has 0 nitrogen and oxygen atoms in total. The number of rotatable bonds is 5. The van der Waals surface area contributed by atoms with Gasteiger partial charge >= 0.3 is 0 Å². The van der Waals surface area contributed by atoms with Crippen molar-refractivity contribution in [3.63, 3.8) is 0 Å². The van der Waals surface area contributed by atoms with Crippen LogP contribution in [0, 0.1) is 0 Å². The van der Waals surface area contributed by atoms with Crippen LogP contribution in [0.5, 0.6) is 0 Å². The summed E-state index contributed by atoms with van der Waals surface area (Å²) < 4.78 is 0. The maximum atomic E-state index is 2.27. The highest BCUT2D eigenvalue weighted by Gasteiger charge is 2.01. The maximum absolute atomic E-state index is 2.27. The lowest BCUT2D eigenvalue weighted by Gasteiger charge is -2.09. The van der Waals surface area contributed by atoms with Crippen molar-refractivity contribution in [1.29, 1.82) is 0 Å². The Labute approximate surface area is 67.2 Å². The molecule has 0 saturated carbocycles. The number of hydrogen-bond acceptors (Lipinski definition) is 2. The van der Waals surface area contributed by atoms with Gasteiger partial charge in [-0.1, -0.05) is 6.92 Å². The highest BCUT2D eigenvalue weighted by molar-refractivity contribution is 7.99. The van der Waals surface area contributed by atoms with Crippen molar-refractivity contribution in [3.05, 3.63) is 0 Å². The zero-order chi connectivity index (χ0) is 7.11. The summed E-state index contributed by atoms with van der Waals surface area (Å²) in [7, 11) is 0. The van der Waals surface area contributed by atoms with Crippen molar-refractivity contribution in [2.45, 2.75) is 25.0 Å². The van der Waals surface area contributed by atoms with Gasteiger partial charge in [0.05, 0.1) is 0 Å². The Hall–Kier alpha value is 0.700. The lowest BCUT2D eigenvalue weighted by Crippen LogP contribution is -2.00. The summed E-state index contributed by atoms with van der Waals surface area (Å²) in [6, 6.07) is 0. The Bertz CT molecular complexity index is 50.9. The summed E-state index contributed by atoms with van der Waals surface area (Å²) in [5.41, 5.74) is 0. The van der Waals surface area contributed by atoms with Crippen molar-refractivity contribution in [2.75, 3.05) is 18.3 Å². The number of hydrogen-bond donors (Lipinski definition) is 0. The van der Waals surface area contributed by atoms with E-state index in [-0.39, 0.29) is 0 Å². The molecule has 1 atom stereocenters. The predicted molar refractivity (Wildman–Crippen MR) is 50.6 cm³/mol. The van der Waals surface area contributed by atoms with Gasteiger partial charge < -0.3 is 0 Å². The molecule has 0 fully saturated rings. The normalized spacial score (nSPS) is 13.7. The smallest absolute Gasteiger partial charge is 0.00495 e. The van der Waals surface area contributed by atoms with Gasteiger partial charge in [-0.3, -0.25) is 0 Å². The fourth-order valence-corrected chi connectivity index (χ4v) is 2.09. The first-order valence-electron chi connectivity index (χ1n) is 3.36. The number of thioether (sulfide) groups is 2. The van der Waals surface area contributed by atoms with Gasteiger partial charge in [0.15, 0.2) is 0 Å². The van der Waals surface area contributed by atoms with Gasteiger partial charge in [0.25, 0.3) is 0 Å². The van der Waals surface area contributed by atoms with Crippen molar-refractivity contribution < 1.29 is 0 Å². The second-order valence-electron chi connectivity index (χ2n) is 2.05. The third-order valence-electron chi connectivity index (χ3n) is 1.43. The second kappa shape index (κ2) is 6.81. The van der Waals surface area contributed by atoms with Crippen LogP contribution in [0.4, 0.5) is 0 Å². The first-order chi connectivity index (χ1) is 4.35. The van der Waals surface area contributed by atoms with Gasteiger partial charge in [-0.2, -0.15) is 23.5 Å². The molecule has 0 saturated heterocycles. The van der Waals surface area contributed by atoms with E-state index < -0.39 is 0 Å². The van der Waals surface area contributed by atoms with Crippen LogP contribution < -0.4 is 0 Å². The van der Waals surface area contributed by atoms with Crippen LogP contribution in [0.2, 0.25) is 0 Å². The van der Waals surface area contributed by atoms with E-state index in [9.17, 15) is 0 Å². The molecule has 0 spiro atoms. The molecule has 56 valence electrons. The van der Waals surface area contributed by atoms with E-state index in [1.165, 1.54) is 18.6 Å². The van der Waals surface area contributed by atoms with Gasteiger partial charge in [0, 0.05) is 5.25 Å². The van der Waals surface area contributed by atoms with Crippen LogP contribution in [0.25, 0.3) is 0 Å². The summed E-state index contributed by atoms with van der Waals surface area (Å²) in [5.74, 6) is 1.32. The Kier molecular flexibility index (Phi) is 7.34. The van der Waals surface area contributed by atoms with Crippen LogP contribution in [-0.4, -0.2) is 23.5 Å². The van der Waals surface area contributed by atoms with E-state index in [1.54, 1.807) is 0 Å². The molecule has 0 aromatic carbocycles. The summed E-state index contributed by atoms with van der Waals surface area (Å²) in [5, 5.41) is 0.900. The van der Waals surface area contributed by atoms with Crippen LogP contribution in [0.15, 0.2) is 0 Å². The monoisotopic (exact) mass is 164 g/mol. The minimum atomic E-state index is 0.900. The van der Waals surface area contributed by atoms with Crippen LogP contribution in [-0.2, 0) is 0 Å². The van der Waals surface area contributed by atoms with Crippen molar-refractivity contribution in [3.8, 4) is 0 Å². The van der Waals surface area contributed by atoms with Gasteiger partial charge in [-0.15, -0.1) is 0 Å². The van der Waals surface area contributed by atoms with E-state index in [0.29, 0.717) is 0 Å². The molecular formula is C7H16S2. The Balaban J connectivity index is 3.09. The minimum absolute atomic E-state index is 0.900. The molecule has 0 heterocycles. The maximum Gasteiger partial charge on any atom is 0.00495 e. The Morgan fingerprint density at radius 2 is 2.00 bits per heavy atom. The molecule has 0 radical (unpaired) electrons. The fourth-order valence-electron chi connectivity index (χ4n) is 0.738. The highest BCUT2D eigenvalue weighted by Crippen LogP contribution is 2.16. The highest BCUT2D eigenvalue weighted by atomic mass is 32.2. The third kappa shape index (κ3) is 5.16. The van der Waals surface area contributed by atoms with Crippen LogP contribution in [0.1, 0.15) is 19.8 Å². The van der Waals surface area contributed by atoms with Gasteiger partial charge in [-0.05, 0) is 31.1 Å². The molecule has 0 rings (SSSR count). The van der Waals surface area contributed by atoms with E-state index in [1.807, 2.05) is 23.5 Å². The average molecular weight is 164 g/mol. The van der Waals surface area contributed by atoms with Crippen LogP contribution in [0.3, 0.4) is 0 Å². The molecule has 1 unspecified atom stereocenters. The van der Waals surface area contributed by atoms with Crippen molar-refractivity contribution >= 4 is 23.5 Å². The van der Waals surface area contributed by atoms with Crippen LogP contribution >= 0.6 is 23.5 Å². The quantitative estimate of drug-likeness (QED) is 0.613. The lowest BCUT2D eigenvalue weighted by atomic mass is 10.3. The second-order valence-corrected chi connectivity index (χ2v) is 4.17. The van der Waals surface area contributed by atoms with Crippen molar-refractivity contribution in [2.24, 2.45) is 0 Å². The lowest BCUT2D eigenvalue weighted by molar-refractivity contribution is 0.802. The van der Waals surface area contributed by atoms with Gasteiger partial charge in [-0.25, -0.2) is 0 Å². The topological polar surface area (TPSA) is 0 Å². The molecular weight excluding hydrogens is 148 g/mol. The summed E-state index contributed by atoms with van der Waals surface area (Å²) in [6.07, 6.45) is 7.07. The first-order valence-corrected chi connectivity index (χ1v) is 6.05. The van der Waals surface area contributed by atoms with E-state index in [4.69, 9.17) is 0 Å². The molecule has 0 bridgehead atoms. The molecule has 0 N–H and O–H groups in total. The first kappa shape index (κ1) is 9.70. The molecule has 0 aliphatic heterocycles. The molecule has 0 aliphatic carbocycles. The van der Waals surface area contributed by atoms with Gasteiger partial charge in [0.2, 0.25) is 0 Å². The Morgan fingerprint density at radius 3 is 2.33 bits per heavy atom.